The molecule has 1 rings (SSSR count). The minimum Gasteiger partial charge on any atom is -0.494 e. The number of hydrogen-bond acceptors (Lipinski definition) is 3. The van der Waals surface area contributed by atoms with Crippen LogP contribution in [0.25, 0.3) is 0 Å². The van der Waals surface area contributed by atoms with Gasteiger partial charge in [-0.1, -0.05) is 39.0 Å². The van der Waals surface area contributed by atoms with Crippen LogP contribution in [0.15, 0.2) is 24.3 Å². The van der Waals surface area contributed by atoms with Crippen molar-refractivity contribution >= 4 is 0 Å². The standard InChI is InChI=1S/C15H25NO2/c1-5-18-13-9-7-6-8-12(13)10-16-11-14(17)15(2,3)4/h6-9,14,16-17H,5,10-11H2,1-4H3. The monoisotopic (exact) mass is 251 g/mol. The maximum Gasteiger partial charge on any atom is 0.123 e. The Balaban J connectivity index is 2.49. The van der Waals surface area contributed by atoms with Gasteiger partial charge in [0.15, 0.2) is 0 Å². The van der Waals surface area contributed by atoms with Gasteiger partial charge in [-0.2, -0.15) is 0 Å². The molecule has 2 N–H and O–H groups in total. The van der Waals surface area contributed by atoms with Crippen molar-refractivity contribution in [1.82, 2.24) is 5.32 Å². The lowest BCUT2D eigenvalue weighted by atomic mass is 9.89. The molecule has 0 heterocycles. The number of hydrogen-bond donors (Lipinski definition) is 2. The highest BCUT2D eigenvalue weighted by Crippen LogP contribution is 2.20. The van der Waals surface area contributed by atoms with Crippen molar-refractivity contribution in [3.63, 3.8) is 0 Å². The SMILES string of the molecule is CCOc1ccccc1CNCC(O)C(C)(C)C. The molecule has 0 spiro atoms. The number of aliphatic hydroxyl groups is 1. The molecule has 1 aromatic rings. The molecule has 0 saturated carbocycles. The zero-order chi connectivity index (χ0) is 13.6. The van der Waals surface area contributed by atoms with Crippen LogP contribution in [-0.2, 0) is 6.54 Å². The van der Waals surface area contributed by atoms with Crippen LogP contribution >= 0.6 is 0 Å². The second-order valence-corrected chi connectivity index (χ2v) is 5.55. The summed E-state index contributed by atoms with van der Waals surface area (Å²) in [5, 5.41) is 13.2. The molecule has 3 nitrogen and oxygen atoms in total. The molecular weight excluding hydrogens is 226 g/mol. The summed E-state index contributed by atoms with van der Waals surface area (Å²) in [7, 11) is 0. The fourth-order valence-corrected chi connectivity index (χ4v) is 1.60. The first-order valence-electron chi connectivity index (χ1n) is 6.54. The van der Waals surface area contributed by atoms with Crippen LogP contribution in [0.1, 0.15) is 33.3 Å². The normalized spacial score (nSPS) is 13.4. The Hall–Kier alpha value is -1.06. The highest BCUT2D eigenvalue weighted by molar-refractivity contribution is 5.33. The second kappa shape index (κ2) is 6.76. The van der Waals surface area contributed by atoms with E-state index in [2.05, 4.69) is 5.32 Å². The number of ether oxygens (including phenoxy) is 1. The van der Waals surface area contributed by atoms with Crippen molar-refractivity contribution in [2.45, 2.75) is 40.3 Å². The van der Waals surface area contributed by atoms with Crippen molar-refractivity contribution in [3.8, 4) is 5.75 Å². The maximum absolute atomic E-state index is 9.94. The summed E-state index contributed by atoms with van der Waals surface area (Å²) in [6.45, 7) is 10.1. The Morgan fingerprint density at radius 1 is 1.28 bits per heavy atom. The van der Waals surface area contributed by atoms with E-state index in [1.807, 2.05) is 52.0 Å². The first-order valence-corrected chi connectivity index (χ1v) is 6.54. The maximum atomic E-state index is 9.94. The number of rotatable bonds is 6. The number of aliphatic hydroxyl groups excluding tert-OH is 1. The van der Waals surface area contributed by atoms with Gasteiger partial charge in [-0.25, -0.2) is 0 Å². The average molecular weight is 251 g/mol. The third-order valence-corrected chi connectivity index (χ3v) is 2.93. The molecule has 1 atom stereocenters. The van der Waals surface area contributed by atoms with E-state index >= 15 is 0 Å². The van der Waals surface area contributed by atoms with Crippen molar-refractivity contribution in [3.05, 3.63) is 29.8 Å². The molecule has 0 fully saturated rings. The lowest BCUT2D eigenvalue weighted by Crippen LogP contribution is -2.36. The Morgan fingerprint density at radius 2 is 1.94 bits per heavy atom. The second-order valence-electron chi connectivity index (χ2n) is 5.55. The van der Waals surface area contributed by atoms with Crippen LogP contribution in [0, 0.1) is 5.41 Å². The summed E-state index contributed by atoms with van der Waals surface area (Å²) in [6.07, 6.45) is -0.350. The molecule has 0 aromatic heterocycles. The van der Waals surface area contributed by atoms with Gasteiger partial charge in [0.05, 0.1) is 12.7 Å². The summed E-state index contributed by atoms with van der Waals surface area (Å²) >= 11 is 0. The highest BCUT2D eigenvalue weighted by atomic mass is 16.5. The third kappa shape index (κ3) is 4.67. The van der Waals surface area contributed by atoms with Gasteiger partial charge in [0, 0.05) is 18.7 Å². The molecule has 0 bridgehead atoms. The molecule has 18 heavy (non-hydrogen) atoms. The zero-order valence-electron chi connectivity index (χ0n) is 11.9. The van der Waals surface area contributed by atoms with E-state index in [-0.39, 0.29) is 11.5 Å². The molecular formula is C15H25NO2. The Labute approximate surface area is 110 Å². The van der Waals surface area contributed by atoms with E-state index in [1.54, 1.807) is 0 Å². The van der Waals surface area contributed by atoms with E-state index < -0.39 is 0 Å². The van der Waals surface area contributed by atoms with E-state index in [0.29, 0.717) is 19.7 Å². The van der Waals surface area contributed by atoms with Crippen LogP contribution in [0.4, 0.5) is 0 Å². The van der Waals surface area contributed by atoms with E-state index in [1.165, 1.54) is 0 Å². The van der Waals surface area contributed by atoms with Gasteiger partial charge in [0.2, 0.25) is 0 Å². The van der Waals surface area contributed by atoms with Crippen molar-refractivity contribution in [1.29, 1.82) is 0 Å². The van der Waals surface area contributed by atoms with Crippen molar-refractivity contribution in [2.75, 3.05) is 13.2 Å². The highest BCUT2D eigenvalue weighted by Gasteiger charge is 2.21. The fraction of sp³-hybridized carbons (Fsp3) is 0.600. The van der Waals surface area contributed by atoms with Gasteiger partial charge in [-0.3, -0.25) is 0 Å². The lowest BCUT2D eigenvalue weighted by molar-refractivity contribution is 0.0627. The van der Waals surface area contributed by atoms with Crippen molar-refractivity contribution < 1.29 is 9.84 Å². The quantitative estimate of drug-likeness (QED) is 0.816. The molecule has 0 saturated heterocycles. The fourth-order valence-electron chi connectivity index (χ4n) is 1.60. The molecule has 0 aliphatic rings. The van der Waals surface area contributed by atoms with Crippen LogP contribution in [0.2, 0.25) is 0 Å². The molecule has 3 heteroatoms. The van der Waals surface area contributed by atoms with Gasteiger partial charge < -0.3 is 15.2 Å². The molecule has 0 aliphatic carbocycles. The Morgan fingerprint density at radius 3 is 2.56 bits per heavy atom. The molecule has 0 aliphatic heterocycles. The van der Waals surface area contributed by atoms with E-state index in [9.17, 15) is 5.11 Å². The number of benzene rings is 1. The summed E-state index contributed by atoms with van der Waals surface area (Å²) in [5.74, 6) is 0.915. The molecule has 0 amide bonds. The van der Waals surface area contributed by atoms with Crippen LogP contribution in [0.3, 0.4) is 0 Å². The molecule has 102 valence electrons. The van der Waals surface area contributed by atoms with Crippen molar-refractivity contribution in [2.24, 2.45) is 5.41 Å². The minimum absolute atomic E-state index is 0.0908. The van der Waals surface area contributed by atoms with Gasteiger partial charge in [0.25, 0.3) is 0 Å². The first kappa shape index (κ1) is 15.0. The molecule has 0 radical (unpaired) electrons. The first-order chi connectivity index (χ1) is 8.45. The van der Waals surface area contributed by atoms with Crippen LogP contribution < -0.4 is 10.1 Å². The third-order valence-electron chi connectivity index (χ3n) is 2.93. The van der Waals surface area contributed by atoms with Crippen LogP contribution in [-0.4, -0.2) is 24.4 Å². The van der Waals surface area contributed by atoms with Gasteiger partial charge >= 0.3 is 0 Å². The largest absolute Gasteiger partial charge is 0.494 e. The topological polar surface area (TPSA) is 41.5 Å². The van der Waals surface area contributed by atoms with Crippen LogP contribution in [0.5, 0.6) is 5.75 Å². The zero-order valence-corrected chi connectivity index (χ0v) is 11.9. The smallest absolute Gasteiger partial charge is 0.123 e. The predicted molar refractivity (Wildman–Crippen MR) is 74.8 cm³/mol. The Bertz CT molecular complexity index is 358. The number of nitrogens with one attached hydrogen (secondary N) is 1. The lowest BCUT2D eigenvalue weighted by Gasteiger charge is -2.26. The summed E-state index contributed by atoms with van der Waals surface area (Å²) in [6, 6.07) is 7.99. The molecule has 1 aromatic carbocycles. The summed E-state index contributed by atoms with van der Waals surface area (Å²) in [5.41, 5.74) is 1.03. The van der Waals surface area contributed by atoms with E-state index in [4.69, 9.17) is 4.74 Å². The van der Waals surface area contributed by atoms with Gasteiger partial charge in [-0.05, 0) is 18.4 Å². The summed E-state index contributed by atoms with van der Waals surface area (Å²) < 4.78 is 5.56. The predicted octanol–water partition coefficient (Wildman–Crippen LogP) is 2.58. The average Bonchev–Trinajstić information content (AvgIpc) is 2.30. The molecule has 1 unspecified atom stereocenters. The van der Waals surface area contributed by atoms with Gasteiger partial charge in [0.1, 0.15) is 5.75 Å². The number of para-hydroxylation sites is 1. The van der Waals surface area contributed by atoms with E-state index in [0.717, 1.165) is 11.3 Å². The van der Waals surface area contributed by atoms with Gasteiger partial charge in [-0.15, -0.1) is 0 Å². The minimum atomic E-state index is -0.350. The summed E-state index contributed by atoms with van der Waals surface area (Å²) in [4.78, 5) is 0. The Kier molecular flexibility index (Phi) is 5.63.